The standard InChI is InChI=1S/C19H20N4O4/c24-16-5-6-17(25)23(16)12-18(26)22-9-7-14(8-10-22)27-19-15-4-2-1-3-13(15)11-20-21-19/h1-4,11,14H,5-10,12H2. The Morgan fingerprint density at radius 2 is 1.81 bits per heavy atom. The minimum Gasteiger partial charge on any atom is -0.473 e. The van der Waals surface area contributed by atoms with E-state index in [0.717, 1.165) is 15.7 Å². The molecule has 0 spiro atoms. The van der Waals surface area contributed by atoms with E-state index in [1.54, 1.807) is 11.1 Å². The average molecular weight is 368 g/mol. The van der Waals surface area contributed by atoms with Crippen molar-refractivity contribution in [1.82, 2.24) is 20.0 Å². The minimum atomic E-state index is -0.263. The molecule has 2 saturated heterocycles. The molecule has 1 aromatic heterocycles. The van der Waals surface area contributed by atoms with Gasteiger partial charge in [-0.15, -0.1) is 5.10 Å². The van der Waals surface area contributed by atoms with Crippen LogP contribution >= 0.6 is 0 Å². The van der Waals surface area contributed by atoms with Crippen LogP contribution in [0, 0.1) is 0 Å². The molecule has 0 saturated carbocycles. The van der Waals surface area contributed by atoms with Crippen molar-refractivity contribution in [2.45, 2.75) is 31.8 Å². The highest BCUT2D eigenvalue weighted by Gasteiger charge is 2.33. The highest BCUT2D eigenvalue weighted by atomic mass is 16.5. The summed E-state index contributed by atoms with van der Waals surface area (Å²) in [7, 11) is 0. The Bertz CT molecular complexity index is 871. The first-order valence-corrected chi connectivity index (χ1v) is 9.10. The molecule has 3 amide bonds. The second-order valence-electron chi connectivity index (χ2n) is 6.81. The summed E-state index contributed by atoms with van der Waals surface area (Å²) < 4.78 is 6.03. The van der Waals surface area contributed by atoms with Crippen LogP contribution in [0.15, 0.2) is 30.5 Å². The Hall–Kier alpha value is -3.03. The van der Waals surface area contributed by atoms with Crippen LogP contribution in [0.5, 0.6) is 5.88 Å². The maximum atomic E-state index is 12.4. The molecule has 4 rings (SSSR count). The van der Waals surface area contributed by atoms with Crippen LogP contribution < -0.4 is 4.74 Å². The number of nitrogens with zero attached hydrogens (tertiary/aromatic N) is 4. The highest BCUT2D eigenvalue weighted by molar-refractivity contribution is 6.04. The van der Waals surface area contributed by atoms with Crippen LogP contribution in [-0.2, 0) is 14.4 Å². The minimum absolute atomic E-state index is 0.0517. The van der Waals surface area contributed by atoms with Crippen molar-refractivity contribution in [1.29, 1.82) is 0 Å². The van der Waals surface area contributed by atoms with Gasteiger partial charge in [-0.1, -0.05) is 18.2 Å². The van der Waals surface area contributed by atoms with E-state index >= 15 is 0 Å². The third-order valence-corrected chi connectivity index (χ3v) is 5.06. The van der Waals surface area contributed by atoms with Crippen LogP contribution in [-0.4, -0.2) is 63.5 Å². The van der Waals surface area contributed by atoms with E-state index in [1.165, 1.54) is 0 Å². The lowest BCUT2D eigenvalue weighted by atomic mass is 10.1. The van der Waals surface area contributed by atoms with Gasteiger partial charge in [0.1, 0.15) is 12.6 Å². The van der Waals surface area contributed by atoms with E-state index < -0.39 is 0 Å². The lowest BCUT2D eigenvalue weighted by molar-refractivity contribution is -0.146. The fourth-order valence-electron chi connectivity index (χ4n) is 3.50. The quantitative estimate of drug-likeness (QED) is 0.752. The third-order valence-electron chi connectivity index (χ3n) is 5.06. The Kier molecular flexibility index (Phi) is 4.70. The van der Waals surface area contributed by atoms with Crippen molar-refractivity contribution < 1.29 is 19.1 Å². The van der Waals surface area contributed by atoms with Crippen molar-refractivity contribution in [2.24, 2.45) is 0 Å². The molecule has 27 heavy (non-hydrogen) atoms. The summed E-state index contributed by atoms with van der Waals surface area (Å²) in [5, 5.41) is 9.97. The number of piperidine rings is 1. The largest absolute Gasteiger partial charge is 0.473 e. The average Bonchev–Trinajstić information content (AvgIpc) is 3.01. The molecular weight excluding hydrogens is 348 g/mol. The van der Waals surface area contributed by atoms with Gasteiger partial charge in [0.05, 0.1) is 6.20 Å². The van der Waals surface area contributed by atoms with E-state index in [9.17, 15) is 14.4 Å². The number of hydrogen-bond donors (Lipinski definition) is 0. The van der Waals surface area contributed by atoms with Gasteiger partial charge in [-0.05, 0) is 6.07 Å². The molecule has 2 aliphatic rings. The molecule has 0 bridgehead atoms. The van der Waals surface area contributed by atoms with Crippen molar-refractivity contribution in [3.8, 4) is 5.88 Å². The molecule has 0 atom stereocenters. The number of fused-ring (bicyclic) bond motifs is 1. The van der Waals surface area contributed by atoms with Gasteiger partial charge in [0.25, 0.3) is 0 Å². The number of imide groups is 1. The second-order valence-corrected chi connectivity index (χ2v) is 6.81. The van der Waals surface area contributed by atoms with Gasteiger partial charge in [-0.2, -0.15) is 5.10 Å². The van der Waals surface area contributed by atoms with Gasteiger partial charge in [-0.25, -0.2) is 0 Å². The fourth-order valence-corrected chi connectivity index (χ4v) is 3.50. The monoisotopic (exact) mass is 368 g/mol. The first-order valence-electron chi connectivity index (χ1n) is 9.10. The number of benzene rings is 1. The van der Waals surface area contributed by atoms with E-state index in [1.807, 2.05) is 24.3 Å². The second kappa shape index (κ2) is 7.30. The maximum absolute atomic E-state index is 12.4. The number of amides is 3. The molecule has 8 nitrogen and oxygen atoms in total. The zero-order chi connectivity index (χ0) is 18.8. The van der Waals surface area contributed by atoms with E-state index in [4.69, 9.17) is 4.74 Å². The zero-order valence-corrected chi connectivity index (χ0v) is 14.8. The lowest BCUT2D eigenvalue weighted by Gasteiger charge is -2.32. The van der Waals surface area contributed by atoms with Crippen molar-refractivity contribution in [2.75, 3.05) is 19.6 Å². The smallest absolute Gasteiger partial charge is 0.242 e. The molecule has 140 valence electrons. The molecule has 3 heterocycles. The highest BCUT2D eigenvalue weighted by Crippen LogP contribution is 2.25. The third kappa shape index (κ3) is 3.60. The predicted octanol–water partition coefficient (Wildman–Crippen LogP) is 1.15. The predicted molar refractivity (Wildman–Crippen MR) is 95.7 cm³/mol. The van der Waals surface area contributed by atoms with Gasteiger partial charge in [0.15, 0.2) is 0 Å². The van der Waals surface area contributed by atoms with Gasteiger partial charge in [0.2, 0.25) is 23.6 Å². The lowest BCUT2D eigenvalue weighted by Crippen LogP contribution is -2.47. The van der Waals surface area contributed by atoms with Gasteiger partial charge in [-0.3, -0.25) is 19.3 Å². The molecule has 0 unspecified atom stereocenters. The number of aromatic nitrogens is 2. The fraction of sp³-hybridized carbons (Fsp3) is 0.421. The number of likely N-dealkylation sites (tertiary alicyclic amines) is 2. The molecule has 1 aromatic carbocycles. The molecule has 0 N–H and O–H groups in total. The van der Waals surface area contributed by atoms with E-state index in [2.05, 4.69) is 10.2 Å². The summed E-state index contributed by atoms with van der Waals surface area (Å²) >= 11 is 0. The number of carbonyl (C=O) groups is 3. The topological polar surface area (TPSA) is 92.7 Å². The van der Waals surface area contributed by atoms with Gasteiger partial charge < -0.3 is 9.64 Å². The summed E-state index contributed by atoms with van der Waals surface area (Å²) in [5.41, 5.74) is 0. The number of carbonyl (C=O) groups excluding carboxylic acids is 3. The molecule has 2 fully saturated rings. The normalized spacial score (nSPS) is 18.4. The van der Waals surface area contributed by atoms with E-state index in [0.29, 0.717) is 31.8 Å². The summed E-state index contributed by atoms with van der Waals surface area (Å²) in [6, 6.07) is 7.77. The Morgan fingerprint density at radius 3 is 2.56 bits per heavy atom. The SMILES string of the molecule is O=C(CN1C(=O)CCC1=O)N1CCC(Oc2nncc3ccccc23)CC1. The van der Waals surface area contributed by atoms with Crippen LogP contribution in [0.3, 0.4) is 0 Å². The molecule has 8 heteroatoms. The molecule has 2 aliphatic heterocycles. The summed E-state index contributed by atoms with van der Waals surface area (Å²) in [5.74, 6) is -0.213. The summed E-state index contributed by atoms with van der Waals surface area (Å²) in [6.45, 7) is 0.897. The van der Waals surface area contributed by atoms with Crippen LogP contribution in [0.25, 0.3) is 10.8 Å². The molecule has 0 aliphatic carbocycles. The van der Waals surface area contributed by atoms with Crippen molar-refractivity contribution >= 4 is 28.5 Å². The first-order chi connectivity index (χ1) is 13.1. The number of rotatable bonds is 4. The van der Waals surface area contributed by atoms with Crippen LogP contribution in [0.2, 0.25) is 0 Å². The van der Waals surface area contributed by atoms with Gasteiger partial charge >= 0.3 is 0 Å². The van der Waals surface area contributed by atoms with Crippen LogP contribution in [0.1, 0.15) is 25.7 Å². The van der Waals surface area contributed by atoms with Crippen molar-refractivity contribution in [3.63, 3.8) is 0 Å². The van der Waals surface area contributed by atoms with Crippen LogP contribution in [0.4, 0.5) is 0 Å². The Morgan fingerprint density at radius 1 is 1.11 bits per heavy atom. The molecule has 2 aromatic rings. The molecular formula is C19H20N4O4. The zero-order valence-electron chi connectivity index (χ0n) is 14.8. The first kappa shape index (κ1) is 17.4. The van der Waals surface area contributed by atoms with Crippen molar-refractivity contribution in [3.05, 3.63) is 30.5 Å². The Balaban J connectivity index is 1.34. The number of ether oxygens (including phenoxy) is 1. The van der Waals surface area contributed by atoms with Gasteiger partial charge in [0, 0.05) is 49.5 Å². The Labute approximate surface area is 156 Å². The number of hydrogen-bond acceptors (Lipinski definition) is 6. The maximum Gasteiger partial charge on any atom is 0.242 e. The summed E-state index contributed by atoms with van der Waals surface area (Å²) in [4.78, 5) is 38.5. The van der Waals surface area contributed by atoms with E-state index in [-0.39, 0.29) is 43.2 Å². The molecule has 0 radical (unpaired) electrons. The summed E-state index contributed by atoms with van der Waals surface area (Å²) in [6.07, 6.45) is 3.38.